The summed E-state index contributed by atoms with van der Waals surface area (Å²) in [6.45, 7) is 2.04. The van der Waals surface area contributed by atoms with Gasteiger partial charge >= 0.3 is 5.97 Å². The monoisotopic (exact) mass is 325 g/mol. The van der Waals surface area contributed by atoms with E-state index in [4.69, 9.17) is 14.7 Å². The minimum atomic E-state index is -0.668. The van der Waals surface area contributed by atoms with E-state index >= 15 is 0 Å². The molecule has 0 amide bonds. The van der Waals surface area contributed by atoms with Crippen molar-refractivity contribution in [1.29, 1.82) is 5.26 Å². The Morgan fingerprint density at radius 3 is 2.84 bits per heavy atom. The molecular formula is C14H16BrNO3. The molecule has 1 unspecified atom stereocenters. The first-order chi connectivity index (χ1) is 9.12. The van der Waals surface area contributed by atoms with E-state index in [-0.39, 0.29) is 0 Å². The van der Waals surface area contributed by atoms with Crippen LogP contribution >= 0.6 is 15.9 Å². The molecular weight excluding hydrogens is 310 g/mol. The molecule has 1 atom stereocenters. The van der Waals surface area contributed by atoms with E-state index in [2.05, 4.69) is 15.9 Å². The summed E-state index contributed by atoms with van der Waals surface area (Å²) in [6, 6.07) is 7.14. The highest BCUT2D eigenvalue weighted by Gasteiger charge is 2.21. The van der Waals surface area contributed by atoms with Crippen molar-refractivity contribution in [3.63, 3.8) is 0 Å². The second-order valence-corrected chi connectivity index (χ2v) is 4.94. The highest BCUT2D eigenvalue weighted by Crippen LogP contribution is 2.24. The summed E-state index contributed by atoms with van der Waals surface area (Å²) in [5.41, 5.74) is 0.389. The Kier molecular flexibility index (Phi) is 6.37. The lowest BCUT2D eigenvalue weighted by Gasteiger charge is -2.17. The van der Waals surface area contributed by atoms with Crippen LogP contribution in [0.15, 0.2) is 22.7 Å². The average molecular weight is 326 g/mol. The summed E-state index contributed by atoms with van der Waals surface area (Å²) in [6.07, 6.45) is 1.73. The Labute approximate surface area is 121 Å². The van der Waals surface area contributed by atoms with Crippen LogP contribution in [-0.4, -0.2) is 19.2 Å². The van der Waals surface area contributed by atoms with Crippen molar-refractivity contribution in [1.82, 2.24) is 0 Å². The molecule has 1 aromatic rings. The number of benzene rings is 1. The van der Waals surface area contributed by atoms with E-state index in [1.165, 1.54) is 7.11 Å². The fourth-order valence-corrected chi connectivity index (χ4v) is 1.95. The molecule has 0 aliphatic carbocycles. The minimum absolute atomic E-state index is 0.389. The summed E-state index contributed by atoms with van der Waals surface area (Å²) >= 11 is 3.29. The Morgan fingerprint density at radius 1 is 1.53 bits per heavy atom. The van der Waals surface area contributed by atoms with Gasteiger partial charge in [0.05, 0.1) is 12.7 Å². The zero-order valence-corrected chi connectivity index (χ0v) is 12.6. The quantitative estimate of drug-likeness (QED) is 0.752. The lowest BCUT2D eigenvalue weighted by atomic mass is 10.1. The van der Waals surface area contributed by atoms with Gasteiger partial charge in [-0.1, -0.05) is 29.3 Å². The summed E-state index contributed by atoms with van der Waals surface area (Å²) in [5.74, 6) is -0.0162. The minimum Gasteiger partial charge on any atom is -0.477 e. The SMILES string of the molecule is CCCCC(Oc1ccc(Br)cc1C#N)C(=O)OC. The van der Waals surface area contributed by atoms with Gasteiger partial charge in [-0.3, -0.25) is 0 Å². The van der Waals surface area contributed by atoms with E-state index in [1.807, 2.05) is 13.0 Å². The highest BCUT2D eigenvalue weighted by molar-refractivity contribution is 9.10. The van der Waals surface area contributed by atoms with E-state index in [0.717, 1.165) is 17.3 Å². The van der Waals surface area contributed by atoms with Gasteiger partial charge < -0.3 is 9.47 Å². The van der Waals surface area contributed by atoms with E-state index in [0.29, 0.717) is 17.7 Å². The Hall–Kier alpha value is -1.54. The first-order valence-corrected chi connectivity index (χ1v) is 6.85. The van der Waals surface area contributed by atoms with Gasteiger partial charge in [0.1, 0.15) is 11.8 Å². The maximum Gasteiger partial charge on any atom is 0.347 e. The molecule has 0 saturated carbocycles. The van der Waals surface area contributed by atoms with Gasteiger partial charge in [-0.25, -0.2) is 4.79 Å². The number of esters is 1. The summed E-state index contributed by atoms with van der Waals surface area (Å²) in [5, 5.41) is 9.06. The number of methoxy groups -OCH3 is 1. The topological polar surface area (TPSA) is 59.3 Å². The Morgan fingerprint density at radius 2 is 2.26 bits per heavy atom. The predicted molar refractivity (Wildman–Crippen MR) is 74.8 cm³/mol. The number of rotatable bonds is 6. The summed E-state index contributed by atoms with van der Waals surface area (Å²) in [7, 11) is 1.33. The van der Waals surface area contributed by atoms with E-state index < -0.39 is 12.1 Å². The van der Waals surface area contributed by atoms with Crippen LogP contribution in [0, 0.1) is 11.3 Å². The van der Waals surface area contributed by atoms with Crippen LogP contribution in [0.3, 0.4) is 0 Å². The molecule has 0 heterocycles. The molecule has 102 valence electrons. The van der Waals surface area contributed by atoms with Gasteiger partial charge in [-0.2, -0.15) is 5.26 Å². The molecule has 0 spiro atoms. The molecule has 0 aromatic heterocycles. The third-order valence-electron chi connectivity index (χ3n) is 2.62. The molecule has 1 rings (SSSR count). The normalized spacial score (nSPS) is 11.5. The molecule has 4 nitrogen and oxygen atoms in total. The summed E-state index contributed by atoms with van der Waals surface area (Å²) in [4.78, 5) is 11.6. The van der Waals surface area contributed by atoms with Gasteiger partial charge in [-0.05, 0) is 31.0 Å². The van der Waals surface area contributed by atoms with Crippen LogP contribution in [0.1, 0.15) is 31.7 Å². The van der Waals surface area contributed by atoms with Crippen LogP contribution in [0.4, 0.5) is 0 Å². The summed E-state index contributed by atoms with van der Waals surface area (Å²) < 4.78 is 11.1. The molecule has 0 aliphatic heterocycles. The van der Waals surface area contributed by atoms with Crippen molar-refractivity contribution in [2.24, 2.45) is 0 Å². The van der Waals surface area contributed by atoms with Crippen molar-refractivity contribution < 1.29 is 14.3 Å². The maximum absolute atomic E-state index is 11.6. The Balaban J connectivity index is 2.90. The molecule has 0 radical (unpaired) electrons. The van der Waals surface area contributed by atoms with Crippen LogP contribution in [0.2, 0.25) is 0 Å². The number of carbonyl (C=O) groups is 1. The lowest BCUT2D eigenvalue weighted by Crippen LogP contribution is -2.28. The van der Waals surface area contributed by atoms with Crippen LogP contribution in [-0.2, 0) is 9.53 Å². The van der Waals surface area contributed by atoms with Crippen LogP contribution < -0.4 is 4.74 Å². The van der Waals surface area contributed by atoms with Crippen molar-refractivity contribution in [3.8, 4) is 11.8 Å². The lowest BCUT2D eigenvalue weighted by molar-refractivity contribution is -0.149. The molecule has 0 fully saturated rings. The molecule has 0 aliphatic rings. The molecule has 0 N–H and O–H groups in total. The van der Waals surface area contributed by atoms with E-state index in [1.54, 1.807) is 18.2 Å². The predicted octanol–water partition coefficient (Wildman–Crippen LogP) is 3.43. The van der Waals surface area contributed by atoms with E-state index in [9.17, 15) is 4.79 Å². The van der Waals surface area contributed by atoms with Crippen LogP contribution in [0.5, 0.6) is 5.75 Å². The third kappa shape index (κ3) is 4.56. The second kappa shape index (κ2) is 7.80. The zero-order chi connectivity index (χ0) is 14.3. The van der Waals surface area contributed by atoms with Gasteiger partial charge in [0.15, 0.2) is 6.10 Å². The second-order valence-electron chi connectivity index (χ2n) is 4.02. The smallest absolute Gasteiger partial charge is 0.347 e. The number of nitriles is 1. The number of unbranched alkanes of at least 4 members (excludes halogenated alkanes) is 1. The Bertz CT molecular complexity index is 482. The maximum atomic E-state index is 11.6. The number of hydrogen-bond acceptors (Lipinski definition) is 4. The largest absolute Gasteiger partial charge is 0.477 e. The molecule has 0 saturated heterocycles. The van der Waals surface area contributed by atoms with Crippen molar-refractivity contribution >= 4 is 21.9 Å². The van der Waals surface area contributed by atoms with Gasteiger partial charge in [0.2, 0.25) is 0 Å². The molecule has 1 aromatic carbocycles. The standard InChI is InChI=1S/C14H16BrNO3/c1-3-4-5-13(14(17)18-2)19-12-7-6-11(15)8-10(12)9-16/h6-8,13H,3-5H2,1-2H3. The first kappa shape index (κ1) is 15.5. The number of hydrogen-bond donors (Lipinski definition) is 0. The number of carbonyl (C=O) groups excluding carboxylic acids is 1. The average Bonchev–Trinajstić information content (AvgIpc) is 2.43. The number of halogens is 1. The number of nitrogens with zero attached hydrogens (tertiary/aromatic N) is 1. The number of ether oxygens (including phenoxy) is 2. The first-order valence-electron chi connectivity index (χ1n) is 6.06. The molecule has 19 heavy (non-hydrogen) atoms. The van der Waals surface area contributed by atoms with Crippen molar-refractivity contribution in [2.75, 3.05) is 7.11 Å². The third-order valence-corrected chi connectivity index (χ3v) is 3.11. The van der Waals surface area contributed by atoms with Crippen LogP contribution in [0.25, 0.3) is 0 Å². The fourth-order valence-electron chi connectivity index (χ4n) is 1.59. The molecule has 5 heteroatoms. The van der Waals surface area contributed by atoms with Crippen molar-refractivity contribution in [2.45, 2.75) is 32.3 Å². The highest BCUT2D eigenvalue weighted by atomic mass is 79.9. The van der Waals surface area contributed by atoms with Gasteiger partial charge in [-0.15, -0.1) is 0 Å². The zero-order valence-electron chi connectivity index (χ0n) is 11.0. The molecule has 0 bridgehead atoms. The van der Waals surface area contributed by atoms with Crippen molar-refractivity contribution in [3.05, 3.63) is 28.2 Å². The fraction of sp³-hybridized carbons (Fsp3) is 0.429. The van der Waals surface area contributed by atoms with Gasteiger partial charge in [0.25, 0.3) is 0 Å². The van der Waals surface area contributed by atoms with Gasteiger partial charge in [0, 0.05) is 4.47 Å².